The molecule has 0 fully saturated rings. The average Bonchev–Trinajstić information content (AvgIpc) is 2.98. The summed E-state index contributed by atoms with van der Waals surface area (Å²) in [6.07, 6.45) is 0.316. The summed E-state index contributed by atoms with van der Waals surface area (Å²) in [5.74, 6) is 0.888. The minimum Gasteiger partial charge on any atom is -0.339 e. The van der Waals surface area contributed by atoms with Gasteiger partial charge in [0.25, 0.3) is 0 Å². The van der Waals surface area contributed by atoms with Crippen LogP contribution in [0.15, 0.2) is 20.9 Å². The molecule has 0 unspecified atom stereocenters. The zero-order valence-corrected chi connectivity index (χ0v) is 11.6. The van der Waals surface area contributed by atoms with E-state index in [0.29, 0.717) is 23.0 Å². The number of hydrogen-bond donors (Lipinski definition) is 1. The quantitative estimate of drug-likeness (QED) is 0.875. The predicted molar refractivity (Wildman–Crippen MR) is 67.0 cm³/mol. The molecule has 0 amide bonds. The first-order valence-corrected chi connectivity index (χ1v) is 7.60. The molecule has 0 saturated carbocycles. The Morgan fingerprint density at radius 1 is 1.53 bits per heavy atom. The normalized spacial score (nSPS) is 11.4. The predicted octanol–water partition coefficient (Wildman–Crippen LogP) is 0.832. The van der Waals surface area contributed by atoms with Crippen molar-refractivity contribution in [3.63, 3.8) is 0 Å². The van der Waals surface area contributed by atoms with Gasteiger partial charge in [-0.25, -0.2) is 13.1 Å². The molecular formula is C10H10N4O3S2. The van der Waals surface area contributed by atoms with Crippen LogP contribution in [0.1, 0.15) is 16.6 Å². The van der Waals surface area contributed by atoms with Crippen molar-refractivity contribution >= 4 is 21.4 Å². The molecule has 0 bridgehead atoms. The Morgan fingerprint density at radius 2 is 2.32 bits per heavy atom. The molecule has 2 rings (SSSR count). The highest BCUT2D eigenvalue weighted by Gasteiger charge is 2.16. The lowest BCUT2D eigenvalue weighted by Crippen LogP contribution is -2.25. The average molecular weight is 298 g/mol. The number of aromatic nitrogens is 2. The standard InChI is InChI=1S/C10H10N4O3S2/c1-7-13-9(17-14-7)4-5-12-19(15,16)10-3-2-8(6-11)18-10/h2-3,12H,4-5H2,1H3. The highest BCUT2D eigenvalue weighted by atomic mass is 32.2. The van der Waals surface area contributed by atoms with Gasteiger partial charge < -0.3 is 4.52 Å². The van der Waals surface area contributed by atoms with E-state index in [2.05, 4.69) is 14.9 Å². The van der Waals surface area contributed by atoms with Gasteiger partial charge >= 0.3 is 0 Å². The van der Waals surface area contributed by atoms with Crippen LogP contribution in [0.5, 0.6) is 0 Å². The topological polar surface area (TPSA) is 109 Å². The van der Waals surface area contributed by atoms with Crippen molar-refractivity contribution in [3.8, 4) is 6.07 Å². The van der Waals surface area contributed by atoms with Gasteiger partial charge in [-0.05, 0) is 19.1 Å². The van der Waals surface area contributed by atoms with Crippen LogP contribution in [0.4, 0.5) is 0 Å². The lowest BCUT2D eigenvalue weighted by Gasteiger charge is -2.02. The minimum atomic E-state index is -3.59. The van der Waals surface area contributed by atoms with Crippen LogP contribution in [0, 0.1) is 18.3 Å². The second-order valence-electron chi connectivity index (χ2n) is 3.61. The fraction of sp³-hybridized carbons (Fsp3) is 0.300. The minimum absolute atomic E-state index is 0.116. The third-order valence-corrected chi connectivity index (χ3v) is 5.10. The lowest BCUT2D eigenvalue weighted by molar-refractivity contribution is 0.375. The van der Waals surface area contributed by atoms with Gasteiger partial charge in [0, 0.05) is 13.0 Å². The highest BCUT2D eigenvalue weighted by molar-refractivity contribution is 7.91. The van der Waals surface area contributed by atoms with Crippen LogP contribution in [0.25, 0.3) is 0 Å². The summed E-state index contributed by atoms with van der Waals surface area (Å²) in [6, 6.07) is 4.78. The maximum Gasteiger partial charge on any atom is 0.250 e. The summed E-state index contributed by atoms with van der Waals surface area (Å²) < 4.78 is 31.2. The van der Waals surface area contributed by atoms with Crippen molar-refractivity contribution in [2.75, 3.05) is 6.54 Å². The third-order valence-electron chi connectivity index (χ3n) is 2.16. The van der Waals surface area contributed by atoms with Gasteiger partial charge in [0.15, 0.2) is 5.82 Å². The number of nitrogens with one attached hydrogen (secondary N) is 1. The monoisotopic (exact) mass is 298 g/mol. The van der Waals surface area contributed by atoms with E-state index in [1.54, 1.807) is 6.92 Å². The van der Waals surface area contributed by atoms with Crippen LogP contribution in [0.2, 0.25) is 0 Å². The molecule has 0 saturated heterocycles. The van der Waals surface area contributed by atoms with E-state index < -0.39 is 10.0 Å². The van der Waals surface area contributed by atoms with Gasteiger partial charge in [0.1, 0.15) is 15.2 Å². The number of sulfonamides is 1. The van der Waals surface area contributed by atoms with Crippen molar-refractivity contribution < 1.29 is 12.9 Å². The Labute approximate surface area is 113 Å². The second kappa shape index (κ2) is 5.48. The molecule has 2 heterocycles. The van der Waals surface area contributed by atoms with Crippen LogP contribution in [-0.4, -0.2) is 25.1 Å². The molecule has 0 aliphatic heterocycles. The van der Waals surface area contributed by atoms with Crippen molar-refractivity contribution in [3.05, 3.63) is 28.7 Å². The van der Waals surface area contributed by atoms with Gasteiger partial charge in [0.2, 0.25) is 15.9 Å². The van der Waals surface area contributed by atoms with Gasteiger partial charge in [0.05, 0.1) is 0 Å². The Morgan fingerprint density at radius 3 is 2.89 bits per heavy atom. The number of aryl methyl sites for hydroxylation is 1. The highest BCUT2D eigenvalue weighted by Crippen LogP contribution is 2.20. The van der Waals surface area contributed by atoms with Crippen molar-refractivity contribution in [1.29, 1.82) is 5.26 Å². The van der Waals surface area contributed by atoms with Crippen molar-refractivity contribution in [1.82, 2.24) is 14.9 Å². The van der Waals surface area contributed by atoms with E-state index >= 15 is 0 Å². The molecule has 7 nitrogen and oxygen atoms in total. The van der Waals surface area contributed by atoms with E-state index in [9.17, 15) is 8.42 Å². The molecule has 100 valence electrons. The molecule has 0 atom stereocenters. The summed E-state index contributed by atoms with van der Waals surface area (Å²) in [6.45, 7) is 1.84. The van der Waals surface area contributed by atoms with Crippen LogP contribution in [-0.2, 0) is 16.4 Å². The Kier molecular flexibility index (Phi) is 3.94. The molecule has 0 aromatic carbocycles. The van der Waals surface area contributed by atoms with Gasteiger partial charge in [-0.1, -0.05) is 5.16 Å². The first kappa shape index (κ1) is 13.7. The summed E-state index contributed by atoms with van der Waals surface area (Å²) in [7, 11) is -3.59. The molecule has 0 radical (unpaired) electrons. The first-order chi connectivity index (χ1) is 9.01. The smallest absolute Gasteiger partial charge is 0.250 e. The third kappa shape index (κ3) is 3.37. The summed E-state index contributed by atoms with van der Waals surface area (Å²) in [4.78, 5) is 4.32. The molecule has 0 aliphatic carbocycles. The first-order valence-electron chi connectivity index (χ1n) is 5.30. The number of rotatable bonds is 5. The molecule has 2 aromatic heterocycles. The summed E-state index contributed by atoms with van der Waals surface area (Å²) in [5.41, 5.74) is 0. The Bertz CT molecular complexity index is 711. The summed E-state index contributed by atoms with van der Waals surface area (Å²) in [5, 5.41) is 12.3. The van der Waals surface area contributed by atoms with Crippen molar-refractivity contribution in [2.24, 2.45) is 0 Å². The molecule has 1 N–H and O–H groups in total. The van der Waals surface area contributed by atoms with Crippen LogP contribution in [0.3, 0.4) is 0 Å². The fourth-order valence-electron chi connectivity index (χ4n) is 1.33. The van der Waals surface area contributed by atoms with Gasteiger partial charge in [-0.3, -0.25) is 0 Å². The van der Waals surface area contributed by atoms with Gasteiger partial charge in [-0.15, -0.1) is 11.3 Å². The molecule has 0 spiro atoms. The van der Waals surface area contributed by atoms with E-state index in [4.69, 9.17) is 9.78 Å². The van der Waals surface area contributed by atoms with Crippen LogP contribution >= 0.6 is 11.3 Å². The maximum atomic E-state index is 11.9. The Balaban J connectivity index is 1.96. The molecule has 2 aromatic rings. The van der Waals surface area contributed by atoms with Crippen molar-refractivity contribution in [2.45, 2.75) is 17.6 Å². The van der Waals surface area contributed by atoms with Crippen LogP contribution < -0.4 is 4.72 Å². The second-order valence-corrected chi connectivity index (χ2v) is 6.69. The van der Waals surface area contributed by atoms with E-state index in [0.717, 1.165) is 11.3 Å². The molecule has 19 heavy (non-hydrogen) atoms. The number of thiophene rings is 1. The number of nitrogens with zero attached hydrogens (tertiary/aromatic N) is 3. The summed E-state index contributed by atoms with van der Waals surface area (Å²) >= 11 is 0.927. The fourth-order valence-corrected chi connectivity index (χ4v) is 3.51. The van der Waals surface area contributed by atoms with E-state index in [-0.39, 0.29) is 10.8 Å². The SMILES string of the molecule is Cc1noc(CCNS(=O)(=O)c2ccc(C#N)s2)n1. The number of hydrogen-bond acceptors (Lipinski definition) is 7. The van der Waals surface area contributed by atoms with E-state index in [1.807, 2.05) is 6.07 Å². The Hall–Kier alpha value is -1.76. The molecule has 9 heteroatoms. The zero-order chi connectivity index (χ0) is 13.9. The molecular weight excluding hydrogens is 288 g/mol. The lowest BCUT2D eigenvalue weighted by atomic mass is 10.4. The maximum absolute atomic E-state index is 11.9. The zero-order valence-electron chi connectivity index (χ0n) is 9.95. The molecule has 0 aliphatic rings. The largest absolute Gasteiger partial charge is 0.339 e. The number of nitriles is 1. The van der Waals surface area contributed by atoms with E-state index in [1.165, 1.54) is 12.1 Å². The van der Waals surface area contributed by atoms with Gasteiger partial charge in [-0.2, -0.15) is 10.2 Å².